The Labute approximate surface area is 142 Å². The maximum Gasteiger partial charge on any atom is 0.259 e. The fraction of sp³-hybridized carbons (Fsp3) is 0.125. The Morgan fingerprint density at radius 3 is 2.86 bits per heavy atom. The molecule has 2 aromatic carbocycles. The fourth-order valence-electron chi connectivity index (χ4n) is 1.79. The zero-order valence-corrected chi connectivity index (χ0v) is 14.2. The molecule has 0 aliphatic heterocycles. The van der Waals surface area contributed by atoms with Crippen LogP contribution in [0.2, 0.25) is 0 Å². The molecule has 0 saturated carbocycles. The highest BCUT2D eigenvalue weighted by molar-refractivity contribution is 14.1. The summed E-state index contributed by atoms with van der Waals surface area (Å²) in [6.07, 6.45) is 1.42. The summed E-state index contributed by atoms with van der Waals surface area (Å²) in [5.41, 5.74) is 4.96. The zero-order valence-electron chi connectivity index (χ0n) is 12.0. The van der Waals surface area contributed by atoms with E-state index in [2.05, 4.69) is 38.4 Å². The van der Waals surface area contributed by atoms with Gasteiger partial charge < -0.3 is 10.4 Å². The summed E-state index contributed by atoms with van der Waals surface area (Å²) in [6.45, 7) is 2.10. The van der Waals surface area contributed by atoms with Gasteiger partial charge in [-0.3, -0.25) is 4.79 Å². The largest absolute Gasteiger partial charge is 0.507 e. The minimum Gasteiger partial charge on any atom is -0.507 e. The number of carbonyl (C=O) groups excluding carboxylic acids is 1. The smallest absolute Gasteiger partial charge is 0.259 e. The molecule has 0 fully saturated rings. The van der Waals surface area contributed by atoms with Gasteiger partial charge in [0.2, 0.25) is 0 Å². The van der Waals surface area contributed by atoms with Crippen molar-refractivity contribution in [2.24, 2.45) is 5.10 Å². The summed E-state index contributed by atoms with van der Waals surface area (Å²) in [7, 11) is 0. The van der Waals surface area contributed by atoms with Crippen LogP contribution in [0.3, 0.4) is 0 Å². The van der Waals surface area contributed by atoms with Gasteiger partial charge in [0.15, 0.2) is 0 Å². The van der Waals surface area contributed by atoms with Crippen molar-refractivity contribution in [3.8, 4) is 5.75 Å². The van der Waals surface area contributed by atoms with Crippen molar-refractivity contribution >= 4 is 40.4 Å². The monoisotopic (exact) mass is 409 g/mol. The van der Waals surface area contributed by atoms with Crippen LogP contribution in [0, 0.1) is 10.5 Å². The second-order valence-electron chi connectivity index (χ2n) is 4.66. The summed E-state index contributed by atoms with van der Waals surface area (Å²) in [4.78, 5) is 11.7. The number of para-hydroxylation sites is 1. The van der Waals surface area contributed by atoms with E-state index in [1.54, 1.807) is 18.2 Å². The van der Waals surface area contributed by atoms with Crippen molar-refractivity contribution in [2.75, 3.05) is 11.9 Å². The second-order valence-corrected chi connectivity index (χ2v) is 5.91. The Morgan fingerprint density at radius 2 is 2.09 bits per heavy atom. The molecular formula is C16H16IN3O2. The first kappa shape index (κ1) is 16.3. The van der Waals surface area contributed by atoms with Crippen LogP contribution in [0.15, 0.2) is 47.6 Å². The van der Waals surface area contributed by atoms with E-state index >= 15 is 0 Å². The molecule has 0 spiro atoms. The van der Waals surface area contributed by atoms with E-state index in [9.17, 15) is 9.90 Å². The lowest BCUT2D eigenvalue weighted by Crippen LogP contribution is -2.26. The number of hydrogen-bond donors (Lipinski definition) is 3. The van der Waals surface area contributed by atoms with Gasteiger partial charge in [0.1, 0.15) is 5.75 Å². The van der Waals surface area contributed by atoms with Crippen LogP contribution in [0.25, 0.3) is 0 Å². The Hall–Kier alpha value is -2.09. The number of aromatic hydroxyl groups is 1. The van der Waals surface area contributed by atoms with Crippen molar-refractivity contribution < 1.29 is 9.90 Å². The van der Waals surface area contributed by atoms with Gasteiger partial charge in [0, 0.05) is 14.8 Å². The number of hydrogen-bond acceptors (Lipinski definition) is 4. The maximum absolute atomic E-state index is 11.7. The van der Waals surface area contributed by atoms with Crippen LogP contribution in [0.4, 0.5) is 5.69 Å². The molecule has 0 bridgehead atoms. The molecule has 6 heteroatoms. The van der Waals surface area contributed by atoms with Crippen LogP contribution in [0.1, 0.15) is 11.1 Å². The van der Waals surface area contributed by atoms with Crippen molar-refractivity contribution in [2.45, 2.75) is 6.92 Å². The van der Waals surface area contributed by atoms with Gasteiger partial charge in [-0.1, -0.05) is 18.2 Å². The highest BCUT2D eigenvalue weighted by Gasteiger charge is 2.02. The minimum absolute atomic E-state index is 0.122. The standard InChI is InChI=1S/C16H16IN3O2/c1-11-4-2-3-5-14(11)18-10-16(22)20-19-9-12-8-13(17)6-7-15(12)21/h2-9,18,21H,10H2,1H3,(H,20,22)/b19-9+. The Balaban J connectivity index is 1.86. The van der Waals surface area contributed by atoms with Gasteiger partial charge in [-0.05, 0) is 59.3 Å². The predicted molar refractivity (Wildman–Crippen MR) is 96.2 cm³/mol. The average molecular weight is 409 g/mol. The van der Waals surface area contributed by atoms with Crippen LogP contribution in [0.5, 0.6) is 5.75 Å². The lowest BCUT2D eigenvalue weighted by molar-refractivity contribution is -0.119. The summed E-state index contributed by atoms with van der Waals surface area (Å²) in [5, 5.41) is 16.6. The molecule has 2 rings (SSSR count). The third-order valence-corrected chi connectivity index (χ3v) is 3.64. The van der Waals surface area contributed by atoms with Crippen LogP contribution < -0.4 is 10.7 Å². The number of amides is 1. The third-order valence-electron chi connectivity index (χ3n) is 2.97. The zero-order chi connectivity index (χ0) is 15.9. The molecule has 0 aliphatic carbocycles. The van der Waals surface area contributed by atoms with Crippen molar-refractivity contribution in [1.29, 1.82) is 0 Å². The molecule has 5 nitrogen and oxygen atoms in total. The van der Waals surface area contributed by atoms with Crippen LogP contribution in [-0.4, -0.2) is 23.8 Å². The Kier molecular flexibility index (Phi) is 5.76. The number of carbonyl (C=O) groups is 1. The molecule has 0 heterocycles. The van der Waals surface area contributed by atoms with Gasteiger partial charge in [0.25, 0.3) is 5.91 Å². The maximum atomic E-state index is 11.7. The number of phenols is 1. The minimum atomic E-state index is -0.260. The summed E-state index contributed by atoms with van der Waals surface area (Å²) < 4.78 is 0.976. The van der Waals surface area contributed by atoms with E-state index in [1.807, 2.05) is 31.2 Å². The van der Waals surface area contributed by atoms with E-state index in [-0.39, 0.29) is 18.2 Å². The molecular weight excluding hydrogens is 393 g/mol. The molecule has 22 heavy (non-hydrogen) atoms. The molecule has 0 unspecified atom stereocenters. The first-order valence-corrected chi connectivity index (χ1v) is 7.74. The number of rotatable bonds is 5. The highest BCUT2D eigenvalue weighted by atomic mass is 127. The lowest BCUT2D eigenvalue weighted by Gasteiger charge is -2.07. The molecule has 114 valence electrons. The topological polar surface area (TPSA) is 73.7 Å². The molecule has 0 radical (unpaired) electrons. The van der Waals surface area contributed by atoms with Crippen molar-refractivity contribution in [3.05, 3.63) is 57.2 Å². The molecule has 0 saturated heterocycles. The number of anilines is 1. The number of nitrogens with one attached hydrogen (secondary N) is 2. The first-order valence-electron chi connectivity index (χ1n) is 6.66. The van der Waals surface area contributed by atoms with Crippen LogP contribution >= 0.6 is 22.6 Å². The molecule has 2 aromatic rings. The Bertz CT molecular complexity index is 702. The molecule has 1 amide bonds. The van der Waals surface area contributed by atoms with Gasteiger partial charge in [-0.15, -0.1) is 0 Å². The van der Waals surface area contributed by atoms with E-state index < -0.39 is 0 Å². The quantitative estimate of drug-likeness (QED) is 0.404. The van der Waals surface area contributed by atoms with E-state index in [4.69, 9.17) is 0 Å². The summed E-state index contributed by atoms with van der Waals surface area (Å²) in [6, 6.07) is 12.9. The lowest BCUT2D eigenvalue weighted by atomic mass is 10.2. The third kappa shape index (κ3) is 4.73. The van der Waals surface area contributed by atoms with Crippen molar-refractivity contribution in [1.82, 2.24) is 5.43 Å². The molecule has 0 aliphatic rings. The van der Waals surface area contributed by atoms with E-state index in [0.717, 1.165) is 14.8 Å². The van der Waals surface area contributed by atoms with Gasteiger partial charge >= 0.3 is 0 Å². The SMILES string of the molecule is Cc1ccccc1NCC(=O)N/N=C/c1cc(I)ccc1O. The second kappa shape index (κ2) is 7.79. The van der Waals surface area contributed by atoms with Gasteiger partial charge in [-0.25, -0.2) is 5.43 Å². The molecule has 0 aromatic heterocycles. The van der Waals surface area contributed by atoms with Gasteiger partial charge in [-0.2, -0.15) is 5.10 Å². The number of aryl methyl sites for hydroxylation is 1. The summed E-state index contributed by atoms with van der Waals surface area (Å²) >= 11 is 2.14. The van der Waals surface area contributed by atoms with Gasteiger partial charge in [0.05, 0.1) is 12.8 Å². The number of phenolic OH excluding ortho intramolecular Hbond substituents is 1. The predicted octanol–water partition coefficient (Wildman–Crippen LogP) is 2.87. The average Bonchev–Trinajstić information content (AvgIpc) is 2.50. The highest BCUT2D eigenvalue weighted by Crippen LogP contribution is 2.17. The Morgan fingerprint density at radius 1 is 1.32 bits per heavy atom. The summed E-state index contributed by atoms with van der Waals surface area (Å²) in [5.74, 6) is -0.138. The fourth-order valence-corrected chi connectivity index (χ4v) is 2.30. The number of hydrazone groups is 1. The number of halogens is 1. The molecule has 0 atom stereocenters. The van der Waals surface area contributed by atoms with Crippen molar-refractivity contribution in [3.63, 3.8) is 0 Å². The molecule has 3 N–H and O–H groups in total. The normalized spacial score (nSPS) is 10.6. The van der Waals surface area contributed by atoms with E-state index in [1.165, 1.54) is 6.21 Å². The van der Waals surface area contributed by atoms with E-state index in [0.29, 0.717) is 5.56 Å². The number of nitrogens with zero attached hydrogens (tertiary/aromatic N) is 1. The van der Waals surface area contributed by atoms with Crippen LogP contribution in [-0.2, 0) is 4.79 Å². The number of benzene rings is 2. The first-order chi connectivity index (χ1) is 10.6.